The molecule has 1 N–H and O–H groups in total. The van der Waals surface area contributed by atoms with Crippen molar-refractivity contribution < 1.29 is 22.2 Å². The van der Waals surface area contributed by atoms with Crippen molar-refractivity contribution in [2.24, 2.45) is 0 Å². The van der Waals surface area contributed by atoms with Crippen LogP contribution in [0, 0.1) is 0 Å². The van der Waals surface area contributed by atoms with Gasteiger partial charge in [-0.05, 0) is 32.1 Å². The first-order chi connectivity index (χ1) is 17.7. The van der Waals surface area contributed by atoms with E-state index < -0.39 is 10.1 Å². The average molecular weight is 545 g/mol. The lowest BCUT2D eigenvalue weighted by Gasteiger charge is -2.30. The first kappa shape index (κ1) is 36.1. The van der Waals surface area contributed by atoms with Crippen molar-refractivity contribution in [1.29, 1.82) is 0 Å². The maximum Gasteiger partial charge on any atom is 0.219 e. The Hall–Kier alpha value is -0.920. The van der Waals surface area contributed by atoms with Crippen LogP contribution >= 0.6 is 0 Å². The second-order valence-corrected chi connectivity index (χ2v) is 13.0. The van der Waals surface area contributed by atoms with E-state index in [1.807, 2.05) is 14.1 Å². The van der Waals surface area contributed by atoms with Crippen LogP contribution in [0.4, 0.5) is 0 Å². The average Bonchev–Trinajstić information content (AvgIpc) is 2.82. The van der Waals surface area contributed by atoms with Gasteiger partial charge in [-0.3, -0.25) is 4.79 Å². The summed E-state index contributed by atoms with van der Waals surface area (Å²) in [5.74, 6) is -0.174. The fourth-order valence-corrected chi connectivity index (χ4v) is 5.15. The third kappa shape index (κ3) is 29.5. The molecule has 0 atom stereocenters. The number of allylic oxidation sites excluding steroid dienone is 2. The predicted octanol–water partition coefficient (Wildman–Crippen LogP) is 7.10. The highest BCUT2D eigenvalue weighted by atomic mass is 32.2. The number of amides is 1. The van der Waals surface area contributed by atoms with E-state index in [1.54, 1.807) is 0 Å². The van der Waals surface area contributed by atoms with Crippen LogP contribution in [0.5, 0.6) is 0 Å². The molecule has 0 rings (SSSR count). The van der Waals surface area contributed by atoms with E-state index >= 15 is 0 Å². The van der Waals surface area contributed by atoms with E-state index in [0.29, 0.717) is 30.4 Å². The first-order valence-electron chi connectivity index (χ1n) is 15.3. The van der Waals surface area contributed by atoms with Crippen molar-refractivity contribution in [3.8, 4) is 0 Å². The molecule has 6 nitrogen and oxygen atoms in total. The maximum absolute atomic E-state index is 12.0. The minimum Gasteiger partial charge on any atom is -0.748 e. The van der Waals surface area contributed by atoms with Crippen LogP contribution in [-0.4, -0.2) is 62.8 Å². The second-order valence-electron chi connectivity index (χ2n) is 11.5. The van der Waals surface area contributed by atoms with E-state index in [9.17, 15) is 17.8 Å². The smallest absolute Gasteiger partial charge is 0.219 e. The largest absolute Gasteiger partial charge is 0.748 e. The molecule has 7 heteroatoms. The Morgan fingerprint density at radius 2 is 1.16 bits per heavy atom. The summed E-state index contributed by atoms with van der Waals surface area (Å²) in [7, 11) is -0.0843. The van der Waals surface area contributed by atoms with E-state index in [0.717, 1.165) is 25.8 Å². The summed E-state index contributed by atoms with van der Waals surface area (Å²) < 4.78 is 32.8. The SMILES string of the molecule is CCCCCCCCC=CCCCCCCCCCCCC(=O)NCCC[N+](C)(C)CCCS(=O)(=O)[O-]. The number of nitrogens with one attached hydrogen (secondary N) is 1. The molecular weight excluding hydrogens is 484 g/mol. The van der Waals surface area contributed by atoms with E-state index in [4.69, 9.17) is 0 Å². The summed E-state index contributed by atoms with van der Waals surface area (Å²) >= 11 is 0. The number of carbonyl (C=O) groups excluding carboxylic acids is 1. The molecule has 0 saturated heterocycles. The van der Waals surface area contributed by atoms with Gasteiger partial charge in [0, 0.05) is 31.6 Å². The molecule has 0 aromatic heterocycles. The van der Waals surface area contributed by atoms with Crippen molar-refractivity contribution in [3.63, 3.8) is 0 Å². The molecule has 0 heterocycles. The summed E-state index contributed by atoms with van der Waals surface area (Å²) in [5, 5.41) is 2.99. The Labute approximate surface area is 230 Å². The van der Waals surface area contributed by atoms with Gasteiger partial charge in [-0.1, -0.05) is 96.1 Å². The van der Waals surface area contributed by atoms with Gasteiger partial charge in [-0.25, -0.2) is 8.42 Å². The van der Waals surface area contributed by atoms with Gasteiger partial charge in [-0.15, -0.1) is 0 Å². The van der Waals surface area contributed by atoms with Crippen LogP contribution < -0.4 is 5.32 Å². The molecular formula is C30H60N2O4S. The summed E-state index contributed by atoms with van der Waals surface area (Å²) in [6, 6.07) is 0. The normalized spacial score (nSPS) is 12.4. The standard InChI is InChI=1S/C30H60N2O4S/c1-4-5-6-7-8-9-10-11-12-13-14-15-16-17-18-19-20-21-22-25-30(33)31-26-23-27-32(2,3)28-24-29-37(34,35)36/h11-12H,4-10,13-29H2,1-3H3,(H-,31,33,34,35,36). The molecule has 220 valence electrons. The van der Waals surface area contributed by atoms with Crippen molar-refractivity contribution in [3.05, 3.63) is 12.2 Å². The van der Waals surface area contributed by atoms with Gasteiger partial charge in [0.1, 0.15) is 0 Å². The lowest BCUT2D eigenvalue weighted by Crippen LogP contribution is -2.43. The van der Waals surface area contributed by atoms with Gasteiger partial charge in [0.25, 0.3) is 0 Å². The van der Waals surface area contributed by atoms with Gasteiger partial charge in [-0.2, -0.15) is 0 Å². The van der Waals surface area contributed by atoms with Crippen molar-refractivity contribution in [2.75, 3.05) is 39.5 Å². The Bertz CT molecular complexity index is 662. The highest BCUT2D eigenvalue weighted by molar-refractivity contribution is 7.85. The van der Waals surface area contributed by atoms with E-state index in [2.05, 4.69) is 24.4 Å². The molecule has 0 aromatic rings. The highest BCUT2D eigenvalue weighted by Crippen LogP contribution is 2.12. The third-order valence-corrected chi connectivity index (χ3v) is 7.87. The van der Waals surface area contributed by atoms with E-state index in [1.165, 1.54) is 96.3 Å². The molecule has 0 spiro atoms. The van der Waals surface area contributed by atoms with Crippen LogP contribution in [0.1, 0.15) is 135 Å². The summed E-state index contributed by atoms with van der Waals surface area (Å²) in [6.07, 6.45) is 28.6. The van der Waals surface area contributed by atoms with Crippen LogP contribution in [0.2, 0.25) is 0 Å². The Balaban J connectivity index is 3.40. The minimum absolute atomic E-state index is 0.128. The number of quaternary nitrogens is 1. The van der Waals surface area contributed by atoms with Crippen LogP contribution in [0.15, 0.2) is 12.2 Å². The molecule has 0 aliphatic heterocycles. The Morgan fingerprint density at radius 3 is 1.68 bits per heavy atom. The fourth-order valence-electron chi connectivity index (χ4n) is 4.67. The first-order valence-corrected chi connectivity index (χ1v) is 16.9. The summed E-state index contributed by atoms with van der Waals surface area (Å²) in [6.45, 7) is 4.41. The molecule has 0 bridgehead atoms. The van der Waals surface area contributed by atoms with Gasteiger partial charge in [0.2, 0.25) is 5.91 Å². The fraction of sp³-hybridized carbons (Fsp3) is 0.900. The van der Waals surface area contributed by atoms with Gasteiger partial charge in [0.15, 0.2) is 0 Å². The zero-order valence-corrected chi connectivity index (χ0v) is 25.4. The molecule has 1 amide bonds. The number of rotatable bonds is 27. The number of hydrogen-bond acceptors (Lipinski definition) is 4. The minimum atomic E-state index is -4.13. The zero-order valence-electron chi connectivity index (χ0n) is 24.6. The Kier molecular flexibility index (Phi) is 23.5. The maximum atomic E-state index is 12.0. The molecule has 0 saturated carbocycles. The molecule has 0 aliphatic carbocycles. The monoisotopic (exact) mass is 544 g/mol. The third-order valence-electron chi connectivity index (χ3n) is 7.09. The van der Waals surface area contributed by atoms with Crippen LogP contribution in [0.3, 0.4) is 0 Å². The highest BCUT2D eigenvalue weighted by Gasteiger charge is 2.15. The molecule has 0 fully saturated rings. The summed E-state index contributed by atoms with van der Waals surface area (Å²) in [5.41, 5.74) is 0. The molecule has 0 aromatic carbocycles. The topological polar surface area (TPSA) is 86.3 Å². The molecule has 0 unspecified atom stereocenters. The van der Waals surface area contributed by atoms with E-state index in [-0.39, 0.29) is 11.7 Å². The van der Waals surface area contributed by atoms with Crippen molar-refractivity contribution >= 4 is 16.0 Å². The lowest BCUT2D eigenvalue weighted by atomic mass is 10.1. The van der Waals surface area contributed by atoms with Crippen LogP contribution in [0.25, 0.3) is 0 Å². The molecule has 0 radical (unpaired) electrons. The lowest BCUT2D eigenvalue weighted by molar-refractivity contribution is -0.890. The van der Waals surface area contributed by atoms with Gasteiger partial charge < -0.3 is 14.4 Å². The number of unbranched alkanes of at least 4 members (excludes halogenated alkanes) is 15. The van der Waals surface area contributed by atoms with Crippen molar-refractivity contribution in [1.82, 2.24) is 5.32 Å². The van der Waals surface area contributed by atoms with Crippen molar-refractivity contribution in [2.45, 2.75) is 135 Å². The number of hydrogen-bond donors (Lipinski definition) is 1. The number of carbonyl (C=O) groups is 1. The number of nitrogens with zero attached hydrogens (tertiary/aromatic N) is 1. The summed E-state index contributed by atoms with van der Waals surface area (Å²) in [4.78, 5) is 12.0. The molecule has 0 aliphatic rings. The quantitative estimate of drug-likeness (QED) is 0.0517. The van der Waals surface area contributed by atoms with Gasteiger partial charge >= 0.3 is 0 Å². The second kappa shape index (κ2) is 24.1. The van der Waals surface area contributed by atoms with Gasteiger partial charge in [0.05, 0.1) is 37.3 Å². The predicted molar refractivity (Wildman–Crippen MR) is 157 cm³/mol. The molecule has 37 heavy (non-hydrogen) atoms. The Morgan fingerprint density at radius 1 is 0.703 bits per heavy atom. The van der Waals surface area contributed by atoms with Crippen LogP contribution in [-0.2, 0) is 14.9 Å². The zero-order chi connectivity index (χ0) is 27.7.